The minimum atomic E-state index is -0.755. The summed E-state index contributed by atoms with van der Waals surface area (Å²) in [5.74, 6) is -0.755. The number of hydrogen-bond donors (Lipinski definition) is 2. The first-order chi connectivity index (χ1) is 17.4. The molecule has 1 saturated carbocycles. The van der Waals surface area contributed by atoms with Crippen LogP contribution in [0, 0.1) is 0 Å². The predicted octanol–water partition coefficient (Wildman–Crippen LogP) is 7.56. The molecular formula is C28H23ClN2O4S. The number of carbonyl (C=O) groups is 2. The zero-order valence-electron chi connectivity index (χ0n) is 19.4. The zero-order valence-corrected chi connectivity index (χ0v) is 21.0. The first-order valence-electron chi connectivity index (χ1n) is 11.5. The fourth-order valence-electron chi connectivity index (χ4n) is 4.24. The van der Waals surface area contributed by atoms with Gasteiger partial charge < -0.3 is 9.84 Å². The van der Waals surface area contributed by atoms with E-state index in [0.717, 1.165) is 27.8 Å². The molecule has 182 valence electrons. The van der Waals surface area contributed by atoms with Crippen LogP contribution in [0.15, 0.2) is 78.3 Å². The molecule has 4 aromatic rings. The number of thiazole rings is 1. The summed E-state index contributed by atoms with van der Waals surface area (Å²) in [6.07, 6.45) is 0.283. The van der Waals surface area contributed by atoms with Crippen LogP contribution in [0.3, 0.4) is 0 Å². The van der Waals surface area contributed by atoms with Crippen LogP contribution in [0.4, 0.5) is 9.80 Å². The Labute approximate surface area is 217 Å². The van der Waals surface area contributed by atoms with Crippen LogP contribution < -0.4 is 5.32 Å². The van der Waals surface area contributed by atoms with E-state index in [-0.39, 0.29) is 0 Å². The maximum Gasteiger partial charge on any atom is 0.412 e. The average molecular weight is 519 g/mol. The maximum atomic E-state index is 12.5. The number of halogens is 1. The normalized spacial score (nSPS) is 14.6. The number of rotatable bonds is 7. The average Bonchev–Trinajstić information content (AvgIpc) is 3.58. The summed E-state index contributed by atoms with van der Waals surface area (Å²) in [6, 6.07) is 22.8. The van der Waals surface area contributed by atoms with E-state index in [9.17, 15) is 14.7 Å². The Morgan fingerprint density at radius 3 is 2.22 bits per heavy atom. The maximum absolute atomic E-state index is 12.5. The standard InChI is InChI=1S/C28H23ClN2O4S/c1-17(22-4-2-3-5-23(22)29)35-27(34)31-25-24(30-16-36-25)20-8-6-18(7-9-20)19-10-12-21(13-11-19)28(14-15-28)26(32)33/h2-13,16-17H,14-15H2,1H3,(H,31,34)(H,32,33). The van der Waals surface area contributed by atoms with Crippen molar-refractivity contribution in [3.05, 3.63) is 94.5 Å². The summed E-state index contributed by atoms with van der Waals surface area (Å²) in [4.78, 5) is 28.5. The van der Waals surface area contributed by atoms with E-state index in [1.807, 2.05) is 66.7 Å². The van der Waals surface area contributed by atoms with Crippen molar-refractivity contribution in [3.8, 4) is 22.4 Å². The third-order valence-electron chi connectivity index (χ3n) is 6.50. The number of ether oxygens (including phenoxy) is 1. The number of amides is 1. The minimum Gasteiger partial charge on any atom is -0.481 e. The summed E-state index contributed by atoms with van der Waals surface area (Å²) in [5.41, 5.74) is 6.06. The largest absolute Gasteiger partial charge is 0.481 e. The van der Waals surface area contributed by atoms with Gasteiger partial charge in [-0.1, -0.05) is 78.3 Å². The van der Waals surface area contributed by atoms with Crippen molar-refractivity contribution in [2.75, 3.05) is 5.32 Å². The van der Waals surface area contributed by atoms with Gasteiger partial charge in [0.05, 0.1) is 10.9 Å². The van der Waals surface area contributed by atoms with Gasteiger partial charge in [-0.3, -0.25) is 10.1 Å². The topological polar surface area (TPSA) is 88.5 Å². The van der Waals surface area contributed by atoms with E-state index in [1.54, 1.807) is 18.5 Å². The number of aromatic nitrogens is 1. The van der Waals surface area contributed by atoms with Gasteiger partial charge in [0, 0.05) is 16.1 Å². The van der Waals surface area contributed by atoms with Gasteiger partial charge in [0.25, 0.3) is 0 Å². The highest BCUT2D eigenvalue weighted by atomic mass is 35.5. The molecule has 2 N–H and O–H groups in total. The number of hydrogen-bond acceptors (Lipinski definition) is 5. The van der Waals surface area contributed by atoms with Crippen molar-refractivity contribution in [1.82, 2.24) is 4.98 Å². The van der Waals surface area contributed by atoms with Crippen LogP contribution in [-0.2, 0) is 14.9 Å². The van der Waals surface area contributed by atoms with E-state index >= 15 is 0 Å². The Balaban J connectivity index is 1.27. The van der Waals surface area contributed by atoms with Gasteiger partial charge in [0.15, 0.2) is 0 Å². The molecule has 0 radical (unpaired) electrons. The number of aliphatic carboxylic acids is 1. The number of anilines is 1. The number of nitrogens with zero attached hydrogens (tertiary/aromatic N) is 1. The van der Waals surface area contributed by atoms with Crippen molar-refractivity contribution < 1.29 is 19.4 Å². The van der Waals surface area contributed by atoms with Crippen molar-refractivity contribution in [2.45, 2.75) is 31.3 Å². The SMILES string of the molecule is CC(OC(=O)Nc1scnc1-c1ccc(-c2ccc(C3(C(=O)O)CC3)cc2)cc1)c1ccccc1Cl. The molecular weight excluding hydrogens is 496 g/mol. The van der Waals surface area contributed by atoms with Gasteiger partial charge >= 0.3 is 12.1 Å². The molecule has 1 atom stereocenters. The molecule has 1 aliphatic carbocycles. The number of nitrogens with one attached hydrogen (secondary N) is 1. The quantitative estimate of drug-likeness (QED) is 0.263. The first-order valence-corrected chi connectivity index (χ1v) is 12.7. The van der Waals surface area contributed by atoms with Crippen LogP contribution in [0.5, 0.6) is 0 Å². The van der Waals surface area contributed by atoms with Crippen molar-refractivity contribution >= 4 is 40.0 Å². The molecule has 1 aliphatic rings. The van der Waals surface area contributed by atoms with Gasteiger partial charge in [-0.25, -0.2) is 9.78 Å². The Morgan fingerprint density at radius 2 is 1.61 bits per heavy atom. The second-order valence-corrected chi connectivity index (χ2v) is 10.0. The molecule has 0 saturated heterocycles. The highest BCUT2D eigenvalue weighted by Gasteiger charge is 2.51. The van der Waals surface area contributed by atoms with Gasteiger partial charge in [0.1, 0.15) is 16.8 Å². The molecule has 0 bridgehead atoms. The highest BCUT2D eigenvalue weighted by Crippen LogP contribution is 2.48. The van der Waals surface area contributed by atoms with E-state index in [4.69, 9.17) is 16.3 Å². The van der Waals surface area contributed by atoms with Crippen LogP contribution >= 0.6 is 22.9 Å². The van der Waals surface area contributed by atoms with Crippen LogP contribution in [-0.4, -0.2) is 22.2 Å². The molecule has 0 aliphatic heterocycles. The van der Waals surface area contributed by atoms with Gasteiger partial charge in [-0.15, -0.1) is 11.3 Å². The van der Waals surface area contributed by atoms with Gasteiger partial charge in [-0.2, -0.15) is 0 Å². The van der Waals surface area contributed by atoms with Crippen LogP contribution in [0.2, 0.25) is 5.02 Å². The van der Waals surface area contributed by atoms with Crippen molar-refractivity contribution in [1.29, 1.82) is 0 Å². The summed E-state index contributed by atoms with van der Waals surface area (Å²) in [5, 5.41) is 13.4. The molecule has 3 aromatic carbocycles. The molecule has 8 heteroatoms. The van der Waals surface area contributed by atoms with Crippen molar-refractivity contribution in [3.63, 3.8) is 0 Å². The van der Waals surface area contributed by atoms with Crippen molar-refractivity contribution in [2.24, 2.45) is 0 Å². The Bertz CT molecular complexity index is 1410. The lowest BCUT2D eigenvalue weighted by Crippen LogP contribution is -2.19. The van der Waals surface area contributed by atoms with E-state index in [1.165, 1.54) is 11.3 Å². The summed E-state index contributed by atoms with van der Waals surface area (Å²) in [7, 11) is 0. The molecule has 1 aromatic heterocycles. The fraction of sp³-hybridized carbons (Fsp3) is 0.179. The van der Waals surface area contributed by atoms with Crippen LogP contribution in [0.25, 0.3) is 22.4 Å². The lowest BCUT2D eigenvalue weighted by Gasteiger charge is -2.15. The second kappa shape index (κ2) is 9.76. The number of carboxylic acid groups (broad SMARTS) is 1. The molecule has 1 unspecified atom stereocenters. The number of carbonyl (C=O) groups excluding carboxylic acids is 1. The Hall–Kier alpha value is -3.68. The summed E-state index contributed by atoms with van der Waals surface area (Å²) >= 11 is 7.52. The minimum absolute atomic E-state index is 0.508. The zero-order chi connectivity index (χ0) is 25.3. The summed E-state index contributed by atoms with van der Waals surface area (Å²) < 4.78 is 5.52. The fourth-order valence-corrected chi connectivity index (χ4v) is 5.22. The molecule has 1 amide bonds. The Morgan fingerprint density at radius 1 is 1.00 bits per heavy atom. The van der Waals surface area contributed by atoms with Gasteiger partial charge in [0.2, 0.25) is 0 Å². The van der Waals surface area contributed by atoms with Gasteiger partial charge in [-0.05, 0) is 42.5 Å². The third kappa shape index (κ3) is 4.72. The van der Waals surface area contributed by atoms with E-state index in [2.05, 4.69) is 10.3 Å². The molecule has 36 heavy (non-hydrogen) atoms. The predicted molar refractivity (Wildman–Crippen MR) is 142 cm³/mol. The molecule has 5 rings (SSSR count). The summed E-state index contributed by atoms with van der Waals surface area (Å²) in [6.45, 7) is 1.77. The van der Waals surface area contributed by atoms with E-state index < -0.39 is 23.6 Å². The molecule has 1 fully saturated rings. The van der Waals surface area contributed by atoms with Crippen LogP contribution in [0.1, 0.15) is 37.0 Å². The second-order valence-electron chi connectivity index (χ2n) is 8.77. The molecule has 0 spiro atoms. The Kier molecular flexibility index (Phi) is 6.51. The smallest absolute Gasteiger partial charge is 0.412 e. The van der Waals surface area contributed by atoms with E-state index in [0.29, 0.717) is 28.6 Å². The molecule has 6 nitrogen and oxygen atoms in total. The number of benzene rings is 3. The third-order valence-corrected chi connectivity index (χ3v) is 7.58. The monoisotopic (exact) mass is 518 g/mol. The lowest BCUT2D eigenvalue weighted by atomic mass is 9.93. The molecule has 1 heterocycles. The number of carboxylic acids is 1. The lowest BCUT2D eigenvalue weighted by molar-refractivity contribution is -0.140. The first kappa shape index (κ1) is 24.0. The highest BCUT2D eigenvalue weighted by molar-refractivity contribution is 7.14.